The van der Waals surface area contributed by atoms with Crippen molar-refractivity contribution in [2.45, 2.75) is 12.7 Å². The topological polar surface area (TPSA) is 49.2 Å². The van der Waals surface area contributed by atoms with Gasteiger partial charge in [-0.2, -0.15) is 5.10 Å². The Labute approximate surface area is 214 Å². The van der Waals surface area contributed by atoms with Gasteiger partial charge in [0.1, 0.15) is 11.5 Å². The highest BCUT2D eigenvalue weighted by atomic mass is 32.2. The Morgan fingerprint density at radius 2 is 1.64 bits per heavy atom. The van der Waals surface area contributed by atoms with Crippen molar-refractivity contribution in [2.75, 3.05) is 14.2 Å². The van der Waals surface area contributed by atoms with Crippen LogP contribution >= 0.6 is 11.8 Å². The average molecular weight is 492 g/mol. The molecule has 5 nitrogen and oxygen atoms in total. The molecule has 0 fully saturated rings. The summed E-state index contributed by atoms with van der Waals surface area (Å²) in [5.74, 6) is 2.51. The van der Waals surface area contributed by atoms with E-state index in [1.807, 2.05) is 65.0 Å². The van der Waals surface area contributed by atoms with Gasteiger partial charge in [0.25, 0.3) is 0 Å². The molecule has 3 aromatic carbocycles. The first-order valence-corrected chi connectivity index (χ1v) is 12.8. The first-order chi connectivity index (χ1) is 17.7. The van der Waals surface area contributed by atoms with Gasteiger partial charge in [0, 0.05) is 16.2 Å². The highest BCUT2D eigenvalue weighted by molar-refractivity contribution is 8.08. The number of thioether (sulfide) groups is 1. The van der Waals surface area contributed by atoms with Gasteiger partial charge in [0.05, 0.1) is 36.7 Å². The number of nitrogens with zero attached hydrogens (tertiary/aromatic N) is 3. The van der Waals surface area contributed by atoms with Gasteiger partial charge in [-0.3, -0.25) is 0 Å². The summed E-state index contributed by atoms with van der Waals surface area (Å²) in [7, 11) is 3.40. The molecule has 5 aromatic rings. The Hall–Kier alpha value is -4.03. The first kappa shape index (κ1) is 22.4. The van der Waals surface area contributed by atoms with Crippen molar-refractivity contribution in [3.8, 4) is 28.3 Å². The van der Waals surface area contributed by atoms with Gasteiger partial charge in [-0.15, -0.1) is 11.8 Å². The first-order valence-electron chi connectivity index (χ1n) is 11.8. The minimum Gasteiger partial charge on any atom is -0.497 e. The Morgan fingerprint density at radius 3 is 2.42 bits per heavy atom. The summed E-state index contributed by atoms with van der Waals surface area (Å²) >= 11 is 1.82. The van der Waals surface area contributed by atoms with Crippen molar-refractivity contribution in [1.29, 1.82) is 0 Å². The number of ether oxygens (including phenoxy) is 2. The molecule has 0 atom stereocenters. The Kier molecular flexibility index (Phi) is 5.74. The zero-order valence-electron chi connectivity index (χ0n) is 20.4. The molecule has 178 valence electrons. The SMILES string of the molecule is COc1cccc(/C=C2\SCc3c2nc2c(c(C)nn2-c2ccccc2)c3-c2cccc(OC)c2)c1. The molecular formula is C30H25N3O2S. The second kappa shape index (κ2) is 9.21. The molecule has 2 aromatic heterocycles. The van der Waals surface area contributed by atoms with Gasteiger partial charge in [-0.05, 0) is 66.1 Å². The fourth-order valence-corrected chi connectivity index (χ4v) is 5.86. The van der Waals surface area contributed by atoms with Crippen molar-refractivity contribution >= 4 is 33.8 Å². The van der Waals surface area contributed by atoms with Gasteiger partial charge in [0.15, 0.2) is 5.65 Å². The average Bonchev–Trinajstić information content (AvgIpc) is 3.48. The molecule has 0 radical (unpaired) electrons. The zero-order chi connectivity index (χ0) is 24.6. The molecule has 3 heterocycles. The fraction of sp³-hybridized carbons (Fsp3) is 0.133. The number of pyridine rings is 1. The van der Waals surface area contributed by atoms with Crippen LogP contribution in [0.2, 0.25) is 0 Å². The summed E-state index contributed by atoms with van der Waals surface area (Å²) in [5.41, 5.74) is 8.40. The van der Waals surface area contributed by atoms with E-state index < -0.39 is 0 Å². The van der Waals surface area contributed by atoms with Crippen LogP contribution in [0.4, 0.5) is 0 Å². The van der Waals surface area contributed by atoms with Gasteiger partial charge >= 0.3 is 0 Å². The maximum absolute atomic E-state index is 5.57. The van der Waals surface area contributed by atoms with E-state index in [0.717, 1.165) is 61.4 Å². The number of rotatable bonds is 5. The molecule has 1 aliphatic heterocycles. The zero-order valence-corrected chi connectivity index (χ0v) is 21.2. The van der Waals surface area contributed by atoms with Crippen LogP contribution in [0.15, 0.2) is 78.9 Å². The summed E-state index contributed by atoms with van der Waals surface area (Å²) in [4.78, 5) is 6.39. The molecular weight excluding hydrogens is 466 g/mol. The molecule has 1 aliphatic rings. The normalized spacial score (nSPS) is 13.8. The smallest absolute Gasteiger partial charge is 0.164 e. The molecule has 36 heavy (non-hydrogen) atoms. The number of benzene rings is 3. The predicted molar refractivity (Wildman–Crippen MR) is 148 cm³/mol. The predicted octanol–water partition coefficient (Wildman–Crippen LogP) is 7.16. The highest BCUT2D eigenvalue weighted by Crippen LogP contribution is 2.48. The summed E-state index contributed by atoms with van der Waals surface area (Å²) in [5, 5.41) is 6.02. The largest absolute Gasteiger partial charge is 0.497 e. The van der Waals surface area contributed by atoms with E-state index in [4.69, 9.17) is 19.6 Å². The number of aryl methyl sites for hydroxylation is 1. The Bertz CT molecular complexity index is 1620. The van der Waals surface area contributed by atoms with E-state index in [9.17, 15) is 0 Å². The van der Waals surface area contributed by atoms with E-state index >= 15 is 0 Å². The van der Waals surface area contributed by atoms with Crippen LogP contribution in [0.5, 0.6) is 11.5 Å². The van der Waals surface area contributed by atoms with Crippen LogP contribution in [0.1, 0.15) is 22.5 Å². The van der Waals surface area contributed by atoms with Gasteiger partial charge in [-0.1, -0.05) is 42.5 Å². The summed E-state index contributed by atoms with van der Waals surface area (Å²) in [6, 6.07) is 26.6. The minimum atomic E-state index is 0.831. The van der Waals surface area contributed by atoms with Crippen molar-refractivity contribution in [1.82, 2.24) is 14.8 Å². The molecule has 0 bridgehead atoms. The fourth-order valence-electron chi connectivity index (χ4n) is 4.76. The second-order valence-electron chi connectivity index (χ2n) is 8.65. The lowest BCUT2D eigenvalue weighted by Gasteiger charge is -2.13. The van der Waals surface area contributed by atoms with Gasteiger partial charge < -0.3 is 9.47 Å². The molecule has 0 aliphatic carbocycles. The van der Waals surface area contributed by atoms with E-state index in [1.165, 1.54) is 11.1 Å². The third-order valence-electron chi connectivity index (χ3n) is 6.45. The third-order valence-corrected chi connectivity index (χ3v) is 7.50. The maximum Gasteiger partial charge on any atom is 0.164 e. The molecule has 0 N–H and O–H groups in total. The van der Waals surface area contributed by atoms with E-state index in [-0.39, 0.29) is 0 Å². The lowest BCUT2D eigenvalue weighted by atomic mass is 9.95. The van der Waals surface area contributed by atoms with Crippen LogP contribution in [0, 0.1) is 6.92 Å². The maximum atomic E-state index is 5.57. The summed E-state index contributed by atoms with van der Waals surface area (Å²) < 4.78 is 13.0. The lowest BCUT2D eigenvalue weighted by molar-refractivity contribution is 0.414. The van der Waals surface area contributed by atoms with E-state index in [1.54, 1.807) is 14.2 Å². The Morgan fingerprint density at radius 1 is 0.889 bits per heavy atom. The quantitative estimate of drug-likeness (QED) is 0.261. The molecule has 0 amide bonds. The standard InChI is InChI=1S/C30H25N3O2S/c1-19-27-28(21-10-8-14-24(17-21)35-3)25-18-36-26(16-20-9-7-13-23(15-20)34-2)29(25)31-30(27)33(32-19)22-11-5-4-6-12-22/h4-17H,18H2,1-3H3/b26-16-. The van der Waals surface area contributed by atoms with Crippen molar-refractivity contribution in [3.05, 3.63) is 101 Å². The summed E-state index contributed by atoms with van der Waals surface area (Å²) in [6.45, 7) is 2.06. The monoisotopic (exact) mass is 491 g/mol. The Balaban J connectivity index is 1.64. The lowest BCUT2D eigenvalue weighted by Crippen LogP contribution is -2.00. The number of hydrogen-bond donors (Lipinski definition) is 0. The van der Waals surface area contributed by atoms with E-state index in [0.29, 0.717) is 0 Å². The number of fused-ring (bicyclic) bond motifs is 2. The number of aromatic nitrogens is 3. The molecule has 6 heteroatoms. The van der Waals surface area contributed by atoms with Crippen molar-refractivity contribution < 1.29 is 9.47 Å². The number of hydrogen-bond acceptors (Lipinski definition) is 5. The van der Waals surface area contributed by atoms with E-state index in [2.05, 4.69) is 43.3 Å². The molecule has 0 saturated heterocycles. The minimum absolute atomic E-state index is 0.831. The molecule has 0 spiro atoms. The molecule has 6 rings (SSSR count). The van der Waals surface area contributed by atoms with Gasteiger partial charge in [-0.25, -0.2) is 9.67 Å². The number of para-hydroxylation sites is 1. The van der Waals surface area contributed by atoms with Crippen LogP contribution in [0.3, 0.4) is 0 Å². The number of methoxy groups -OCH3 is 2. The highest BCUT2D eigenvalue weighted by Gasteiger charge is 2.28. The van der Waals surface area contributed by atoms with Gasteiger partial charge in [0.2, 0.25) is 0 Å². The molecule has 0 unspecified atom stereocenters. The molecule has 0 saturated carbocycles. The second-order valence-corrected chi connectivity index (χ2v) is 9.67. The van der Waals surface area contributed by atoms with Crippen molar-refractivity contribution in [3.63, 3.8) is 0 Å². The van der Waals surface area contributed by atoms with Crippen LogP contribution in [-0.4, -0.2) is 29.0 Å². The van der Waals surface area contributed by atoms with Crippen LogP contribution < -0.4 is 9.47 Å². The van der Waals surface area contributed by atoms with Crippen LogP contribution in [-0.2, 0) is 5.75 Å². The summed E-state index contributed by atoms with van der Waals surface area (Å²) in [6.07, 6.45) is 2.20. The third kappa shape index (κ3) is 3.84. The van der Waals surface area contributed by atoms with Crippen molar-refractivity contribution in [2.24, 2.45) is 0 Å². The van der Waals surface area contributed by atoms with Crippen LogP contribution in [0.25, 0.3) is 38.8 Å².